The van der Waals surface area contributed by atoms with E-state index in [4.69, 9.17) is 0 Å². The van der Waals surface area contributed by atoms with E-state index in [2.05, 4.69) is 10.1 Å². The smallest absolute Gasteiger partial charge is 0.354 e. The zero-order chi connectivity index (χ0) is 18.1. The predicted octanol–water partition coefficient (Wildman–Crippen LogP) is 1.42. The maximum absolute atomic E-state index is 14.0. The van der Waals surface area contributed by atoms with Gasteiger partial charge in [0.25, 0.3) is 0 Å². The average molecular weight is 350 g/mol. The summed E-state index contributed by atoms with van der Waals surface area (Å²) in [4.78, 5) is 23.7. The van der Waals surface area contributed by atoms with Crippen molar-refractivity contribution in [2.45, 2.75) is 24.1 Å². The lowest BCUT2D eigenvalue weighted by molar-refractivity contribution is -0.276. The normalized spacial score (nSPS) is 27.4. The number of hydrogen-bond donors (Lipinski definition) is 3. The molecule has 10 heteroatoms. The van der Waals surface area contributed by atoms with Crippen LogP contribution in [0.25, 0.3) is 0 Å². The molecule has 0 spiro atoms. The quantitative estimate of drug-likeness (QED) is 0.566. The predicted molar refractivity (Wildman–Crippen MR) is 72.3 cm³/mol. The number of hydrogen-bond acceptors (Lipinski definition) is 4. The minimum atomic E-state index is -5.10. The van der Waals surface area contributed by atoms with E-state index < -0.39 is 42.0 Å². The van der Waals surface area contributed by atoms with Crippen LogP contribution in [0.3, 0.4) is 0 Å². The second-order valence-electron chi connectivity index (χ2n) is 5.18. The van der Waals surface area contributed by atoms with Gasteiger partial charge in [0.2, 0.25) is 5.72 Å². The van der Waals surface area contributed by atoms with Crippen molar-refractivity contribution in [1.29, 1.82) is 0 Å². The zero-order valence-electron chi connectivity index (χ0n) is 12.3. The summed E-state index contributed by atoms with van der Waals surface area (Å²) < 4.78 is 57.9. The molecule has 1 aliphatic heterocycles. The van der Waals surface area contributed by atoms with Gasteiger partial charge in [-0.15, -0.1) is 0 Å². The van der Waals surface area contributed by atoms with E-state index >= 15 is 0 Å². The van der Waals surface area contributed by atoms with Crippen LogP contribution in [-0.4, -0.2) is 42.3 Å². The van der Waals surface area contributed by atoms with Gasteiger partial charge in [-0.05, 0) is 5.56 Å². The number of carbonyl (C=O) groups is 2. The van der Waals surface area contributed by atoms with Gasteiger partial charge in [-0.25, -0.2) is 13.6 Å². The van der Waals surface area contributed by atoms with Crippen LogP contribution < -0.4 is 10.6 Å². The Hall–Kier alpha value is -2.36. The zero-order valence-corrected chi connectivity index (χ0v) is 12.3. The molecule has 24 heavy (non-hydrogen) atoms. The molecule has 3 N–H and O–H groups in total. The lowest BCUT2D eigenvalue weighted by atomic mass is 9.79. The summed E-state index contributed by atoms with van der Waals surface area (Å²) in [7, 11) is 0.849. The monoisotopic (exact) mass is 350 g/mol. The maximum Gasteiger partial charge on any atom is 0.354 e. The van der Waals surface area contributed by atoms with Crippen LogP contribution in [0, 0.1) is 5.92 Å². The fraction of sp³-hybridized carbons (Fsp3) is 0.429. The fourth-order valence-corrected chi connectivity index (χ4v) is 2.58. The summed E-state index contributed by atoms with van der Waals surface area (Å²) in [5, 5.41) is 13.8. The number of halogens is 4. The molecule has 1 fully saturated rings. The number of carbonyl (C=O) groups excluding carboxylic acids is 2. The molecule has 2 rings (SSSR count). The molecule has 3 atom stereocenters. The number of urea groups is 1. The summed E-state index contributed by atoms with van der Waals surface area (Å²) in [5.41, 5.74) is -3.68. The summed E-state index contributed by atoms with van der Waals surface area (Å²) in [5.74, 6) is -8.71. The number of benzene rings is 1. The van der Waals surface area contributed by atoms with Crippen LogP contribution in [-0.2, 0) is 9.53 Å². The number of methoxy groups -OCH3 is 1. The molecule has 1 aromatic rings. The van der Waals surface area contributed by atoms with Crippen molar-refractivity contribution in [1.82, 2.24) is 10.6 Å². The molecule has 0 bridgehead atoms. The van der Waals surface area contributed by atoms with Crippen molar-refractivity contribution in [3.63, 3.8) is 0 Å². The minimum Gasteiger partial charge on any atom is -0.469 e. The molecular weight excluding hydrogens is 336 g/mol. The van der Waals surface area contributed by atoms with E-state index in [1.54, 1.807) is 6.07 Å². The summed E-state index contributed by atoms with van der Waals surface area (Å²) >= 11 is 0. The molecule has 2 amide bonds. The first-order valence-corrected chi connectivity index (χ1v) is 6.75. The van der Waals surface area contributed by atoms with Gasteiger partial charge in [0.15, 0.2) is 0 Å². The van der Waals surface area contributed by atoms with Gasteiger partial charge >= 0.3 is 24.3 Å². The second-order valence-corrected chi connectivity index (χ2v) is 5.18. The van der Waals surface area contributed by atoms with Gasteiger partial charge in [0.05, 0.1) is 13.2 Å². The number of esters is 1. The first-order chi connectivity index (χ1) is 11.1. The molecule has 1 heterocycles. The van der Waals surface area contributed by atoms with Crippen molar-refractivity contribution < 1.29 is 37.0 Å². The standard InChI is InChI=1S/C14H14F4N2O4/c1-24-10(21)8-9(7-5-3-2-4-6-7)19-12(22)20-14(8,23)13(17,18)11(15)16/h2-6,8-9,11,23H,1H3,(H2,19,20,22). The highest BCUT2D eigenvalue weighted by Gasteiger charge is 2.69. The first kappa shape index (κ1) is 18.0. The number of ether oxygens (including phenoxy) is 1. The Morgan fingerprint density at radius 2 is 1.92 bits per heavy atom. The molecule has 1 aliphatic rings. The molecule has 0 saturated carbocycles. The Morgan fingerprint density at radius 1 is 1.33 bits per heavy atom. The van der Waals surface area contributed by atoms with Crippen LogP contribution in [0.1, 0.15) is 11.6 Å². The SMILES string of the molecule is COC(=O)C1C(c2ccccc2)NC(=O)NC1(O)C(F)(F)C(F)F. The van der Waals surface area contributed by atoms with Gasteiger partial charge in [0.1, 0.15) is 5.92 Å². The van der Waals surface area contributed by atoms with Crippen LogP contribution >= 0.6 is 0 Å². The van der Waals surface area contributed by atoms with Crippen LogP contribution in [0.15, 0.2) is 30.3 Å². The van der Waals surface area contributed by atoms with Crippen molar-refractivity contribution >= 4 is 12.0 Å². The van der Waals surface area contributed by atoms with E-state index in [1.165, 1.54) is 29.6 Å². The number of amides is 2. The van der Waals surface area contributed by atoms with E-state index in [-0.39, 0.29) is 5.56 Å². The Bertz CT molecular complexity index is 628. The lowest BCUT2D eigenvalue weighted by Crippen LogP contribution is -2.75. The van der Waals surface area contributed by atoms with E-state index in [0.717, 1.165) is 7.11 Å². The second kappa shape index (κ2) is 6.27. The first-order valence-electron chi connectivity index (χ1n) is 6.75. The van der Waals surface area contributed by atoms with Gasteiger partial charge in [-0.1, -0.05) is 30.3 Å². The molecule has 1 saturated heterocycles. The van der Waals surface area contributed by atoms with Crippen molar-refractivity contribution in [2.75, 3.05) is 7.11 Å². The van der Waals surface area contributed by atoms with Gasteiger partial charge in [0, 0.05) is 0 Å². The largest absolute Gasteiger partial charge is 0.469 e. The summed E-state index contributed by atoms with van der Waals surface area (Å²) in [6, 6.07) is 4.50. The van der Waals surface area contributed by atoms with Crippen LogP contribution in [0.5, 0.6) is 0 Å². The minimum absolute atomic E-state index is 0.159. The highest BCUT2D eigenvalue weighted by atomic mass is 19.3. The fourth-order valence-electron chi connectivity index (χ4n) is 2.58. The van der Waals surface area contributed by atoms with Crippen LogP contribution in [0.4, 0.5) is 22.4 Å². The van der Waals surface area contributed by atoms with E-state index in [9.17, 15) is 32.3 Å². The Morgan fingerprint density at radius 3 is 2.42 bits per heavy atom. The van der Waals surface area contributed by atoms with E-state index in [1.807, 2.05) is 0 Å². The Labute approximate surface area is 133 Å². The average Bonchev–Trinajstić information content (AvgIpc) is 2.54. The van der Waals surface area contributed by atoms with Gasteiger partial charge < -0.3 is 20.5 Å². The number of nitrogens with one attached hydrogen (secondary N) is 2. The highest BCUT2D eigenvalue weighted by Crippen LogP contribution is 2.44. The Kier molecular flexibility index (Phi) is 4.70. The maximum atomic E-state index is 14.0. The third-order valence-corrected chi connectivity index (χ3v) is 3.77. The van der Waals surface area contributed by atoms with Crippen LogP contribution in [0.2, 0.25) is 0 Å². The Balaban J connectivity index is 2.60. The highest BCUT2D eigenvalue weighted by molar-refractivity contribution is 5.83. The number of aliphatic hydroxyl groups is 1. The molecule has 3 unspecified atom stereocenters. The number of alkyl halides is 4. The van der Waals surface area contributed by atoms with Crippen molar-refractivity contribution in [2.24, 2.45) is 5.92 Å². The van der Waals surface area contributed by atoms with E-state index in [0.29, 0.717) is 0 Å². The molecular formula is C14H14F4N2O4. The third kappa shape index (κ3) is 2.77. The summed E-state index contributed by atoms with van der Waals surface area (Å²) in [6.07, 6.45) is -4.33. The molecule has 1 aromatic carbocycles. The lowest BCUT2D eigenvalue weighted by Gasteiger charge is -2.46. The molecule has 0 radical (unpaired) electrons. The summed E-state index contributed by atoms with van der Waals surface area (Å²) in [6.45, 7) is 0. The van der Waals surface area contributed by atoms with Gasteiger partial charge in [-0.3, -0.25) is 4.79 Å². The topological polar surface area (TPSA) is 87.7 Å². The molecule has 0 aliphatic carbocycles. The molecule has 0 aromatic heterocycles. The molecule has 132 valence electrons. The third-order valence-electron chi connectivity index (χ3n) is 3.77. The van der Waals surface area contributed by atoms with Crippen molar-refractivity contribution in [3.05, 3.63) is 35.9 Å². The molecule has 6 nitrogen and oxygen atoms in total. The number of rotatable bonds is 4. The van der Waals surface area contributed by atoms with Gasteiger partial charge in [-0.2, -0.15) is 8.78 Å². The van der Waals surface area contributed by atoms with Crippen molar-refractivity contribution in [3.8, 4) is 0 Å².